The number of nitrogens with one attached hydrogen (secondary N) is 1. The van der Waals surface area contributed by atoms with E-state index < -0.39 is 43.1 Å². The van der Waals surface area contributed by atoms with Crippen molar-refractivity contribution in [2.45, 2.75) is 63.7 Å². The first kappa shape index (κ1) is 21.2. The Morgan fingerprint density at radius 2 is 2.19 bits per heavy atom. The van der Waals surface area contributed by atoms with Crippen molar-refractivity contribution in [2.24, 2.45) is 0 Å². The number of hydrogen-bond acceptors (Lipinski definition) is 6. The molecule has 1 aromatic rings. The molecule has 27 heavy (non-hydrogen) atoms. The number of halogens is 2. The quantitative estimate of drug-likeness (QED) is 0.630. The van der Waals surface area contributed by atoms with Crippen LogP contribution in [0.3, 0.4) is 0 Å². The second kappa shape index (κ2) is 9.75. The van der Waals surface area contributed by atoms with E-state index in [-0.39, 0.29) is 12.4 Å². The Morgan fingerprint density at radius 1 is 1.44 bits per heavy atom. The molecular weight excluding hydrogens is 364 g/mol. The van der Waals surface area contributed by atoms with Crippen molar-refractivity contribution >= 4 is 11.9 Å². The van der Waals surface area contributed by atoms with E-state index in [1.807, 2.05) is 0 Å². The van der Waals surface area contributed by atoms with Gasteiger partial charge in [0, 0.05) is 12.6 Å². The van der Waals surface area contributed by atoms with Crippen LogP contribution >= 0.6 is 0 Å². The van der Waals surface area contributed by atoms with Gasteiger partial charge in [0.25, 0.3) is 5.92 Å². The minimum absolute atomic E-state index is 0.104. The van der Waals surface area contributed by atoms with E-state index in [9.17, 15) is 18.4 Å². The zero-order valence-corrected chi connectivity index (χ0v) is 15.2. The predicted octanol–water partition coefficient (Wildman–Crippen LogP) is 2.68. The Morgan fingerprint density at radius 3 is 2.81 bits per heavy atom. The molecule has 1 aliphatic heterocycles. The van der Waals surface area contributed by atoms with Crippen LogP contribution in [0.2, 0.25) is 0 Å². The molecule has 2 heterocycles. The standard InChI is InChI=1S/C17H25F2N3O5/c1-2-3-4-5-6-9-26-16(25)21-13-7-8-22(15(24)20-13)14-17(18,19)10-12(11-23)27-14/h7-8,12,14,23H,2-6,9-11H2,1H3,(H,20,21,24,25)/t12-,14+/m0/s1. The summed E-state index contributed by atoms with van der Waals surface area (Å²) < 4.78 is 38.6. The van der Waals surface area contributed by atoms with Gasteiger partial charge in [-0.3, -0.25) is 9.88 Å². The van der Waals surface area contributed by atoms with Crippen molar-refractivity contribution in [3.8, 4) is 0 Å². The largest absolute Gasteiger partial charge is 0.449 e. The molecule has 0 radical (unpaired) electrons. The van der Waals surface area contributed by atoms with Crippen LogP contribution in [-0.4, -0.2) is 46.0 Å². The molecule has 0 bridgehead atoms. The molecule has 1 saturated heterocycles. The van der Waals surface area contributed by atoms with E-state index in [2.05, 4.69) is 17.2 Å². The minimum Gasteiger partial charge on any atom is -0.449 e. The normalized spacial score (nSPS) is 21.2. The molecular formula is C17H25F2N3O5. The molecule has 1 amide bonds. The molecule has 0 saturated carbocycles. The number of alkyl halides is 2. The Kier molecular flexibility index (Phi) is 7.66. The van der Waals surface area contributed by atoms with Crippen molar-refractivity contribution in [3.05, 3.63) is 22.7 Å². The number of rotatable bonds is 9. The number of aromatic nitrogens is 2. The van der Waals surface area contributed by atoms with Gasteiger partial charge in [-0.25, -0.2) is 18.4 Å². The first-order valence-corrected chi connectivity index (χ1v) is 9.04. The molecule has 0 aromatic carbocycles. The molecule has 0 unspecified atom stereocenters. The third-order valence-electron chi connectivity index (χ3n) is 4.18. The maximum absolute atomic E-state index is 14.0. The fourth-order valence-electron chi connectivity index (χ4n) is 2.78. The van der Waals surface area contributed by atoms with Crippen LogP contribution in [0, 0.1) is 0 Å². The Balaban J connectivity index is 1.89. The van der Waals surface area contributed by atoms with Gasteiger partial charge in [-0.15, -0.1) is 0 Å². The summed E-state index contributed by atoms with van der Waals surface area (Å²) in [6.45, 7) is 1.78. The molecule has 8 nitrogen and oxygen atoms in total. The number of anilines is 1. The summed E-state index contributed by atoms with van der Waals surface area (Å²) in [5.74, 6) is -3.42. The molecule has 1 aliphatic rings. The molecule has 1 fully saturated rings. The lowest BCUT2D eigenvalue weighted by atomic mass is 10.2. The monoisotopic (exact) mass is 389 g/mol. The average Bonchev–Trinajstić information content (AvgIpc) is 2.92. The van der Waals surface area contributed by atoms with Gasteiger partial charge in [-0.1, -0.05) is 32.6 Å². The number of carbonyl (C=O) groups is 1. The fourth-order valence-corrected chi connectivity index (χ4v) is 2.78. The summed E-state index contributed by atoms with van der Waals surface area (Å²) in [5, 5.41) is 11.3. The van der Waals surface area contributed by atoms with Gasteiger partial charge in [0.1, 0.15) is 5.82 Å². The minimum atomic E-state index is -3.31. The van der Waals surface area contributed by atoms with Crippen molar-refractivity contribution in [2.75, 3.05) is 18.5 Å². The SMILES string of the molecule is CCCCCCCOC(=O)Nc1ccn([C@@H]2O[C@H](CO)CC2(F)F)c(=O)n1. The van der Waals surface area contributed by atoms with Gasteiger partial charge in [0.15, 0.2) is 0 Å². The highest BCUT2D eigenvalue weighted by Gasteiger charge is 2.51. The highest BCUT2D eigenvalue weighted by molar-refractivity contribution is 5.83. The smallest absolute Gasteiger partial charge is 0.412 e. The maximum atomic E-state index is 14.0. The van der Waals surface area contributed by atoms with Crippen LogP contribution < -0.4 is 11.0 Å². The van der Waals surface area contributed by atoms with E-state index >= 15 is 0 Å². The summed E-state index contributed by atoms with van der Waals surface area (Å²) in [5.41, 5.74) is -1.00. The number of ether oxygens (including phenoxy) is 2. The van der Waals surface area contributed by atoms with Gasteiger partial charge in [0.05, 0.1) is 19.3 Å². The number of nitrogens with zero attached hydrogens (tertiary/aromatic N) is 2. The molecule has 0 aliphatic carbocycles. The third-order valence-corrected chi connectivity index (χ3v) is 4.18. The average molecular weight is 389 g/mol. The van der Waals surface area contributed by atoms with E-state index in [1.165, 1.54) is 6.07 Å². The van der Waals surface area contributed by atoms with E-state index in [0.717, 1.165) is 38.3 Å². The molecule has 2 N–H and O–H groups in total. The topological polar surface area (TPSA) is 103 Å². The summed E-state index contributed by atoms with van der Waals surface area (Å²) >= 11 is 0. The molecule has 1 aromatic heterocycles. The highest BCUT2D eigenvalue weighted by Crippen LogP contribution is 2.41. The van der Waals surface area contributed by atoms with Gasteiger partial charge >= 0.3 is 11.8 Å². The zero-order valence-electron chi connectivity index (χ0n) is 15.2. The van der Waals surface area contributed by atoms with Crippen molar-refractivity contribution < 1.29 is 28.2 Å². The Labute approximate surface area is 155 Å². The number of aliphatic hydroxyl groups is 1. The molecule has 152 valence electrons. The highest BCUT2D eigenvalue weighted by atomic mass is 19.3. The van der Waals surface area contributed by atoms with Crippen LogP contribution in [0.4, 0.5) is 19.4 Å². The van der Waals surface area contributed by atoms with E-state index in [1.54, 1.807) is 0 Å². The van der Waals surface area contributed by atoms with Crippen molar-refractivity contribution in [3.63, 3.8) is 0 Å². The lowest BCUT2D eigenvalue weighted by molar-refractivity contribution is -0.120. The second-order valence-electron chi connectivity index (χ2n) is 6.44. The predicted molar refractivity (Wildman–Crippen MR) is 92.8 cm³/mol. The molecule has 2 atom stereocenters. The van der Waals surface area contributed by atoms with Gasteiger partial charge in [-0.2, -0.15) is 4.98 Å². The first-order valence-electron chi connectivity index (χ1n) is 9.04. The lowest BCUT2D eigenvalue weighted by Crippen LogP contribution is -2.35. The van der Waals surface area contributed by atoms with Crippen LogP contribution in [0.5, 0.6) is 0 Å². The molecule has 0 spiro atoms. The van der Waals surface area contributed by atoms with Gasteiger partial charge in [-0.05, 0) is 12.5 Å². The Hall–Kier alpha value is -2.07. The summed E-state index contributed by atoms with van der Waals surface area (Å²) in [6, 6.07) is 1.20. The van der Waals surface area contributed by atoms with Crippen molar-refractivity contribution in [1.29, 1.82) is 0 Å². The van der Waals surface area contributed by atoms with Crippen LogP contribution in [0.25, 0.3) is 0 Å². The zero-order chi connectivity index (χ0) is 19.9. The Bertz CT molecular complexity index is 683. The fraction of sp³-hybridized carbons (Fsp3) is 0.706. The second-order valence-corrected chi connectivity index (χ2v) is 6.44. The lowest BCUT2D eigenvalue weighted by Gasteiger charge is -2.19. The number of hydrogen-bond donors (Lipinski definition) is 2. The van der Waals surface area contributed by atoms with E-state index in [4.69, 9.17) is 14.6 Å². The number of amides is 1. The summed E-state index contributed by atoms with van der Waals surface area (Å²) in [4.78, 5) is 27.3. The van der Waals surface area contributed by atoms with Gasteiger partial charge < -0.3 is 14.6 Å². The van der Waals surface area contributed by atoms with Crippen molar-refractivity contribution in [1.82, 2.24) is 9.55 Å². The number of carbonyl (C=O) groups excluding carboxylic acids is 1. The first-order chi connectivity index (χ1) is 12.9. The van der Waals surface area contributed by atoms with Crippen LogP contribution in [0.1, 0.15) is 51.7 Å². The third kappa shape index (κ3) is 5.96. The molecule has 10 heteroatoms. The summed E-state index contributed by atoms with van der Waals surface area (Å²) in [6.07, 6.45) is 1.74. The molecule has 2 rings (SSSR count). The van der Waals surface area contributed by atoms with Crippen LogP contribution in [-0.2, 0) is 9.47 Å². The summed E-state index contributed by atoms with van der Waals surface area (Å²) in [7, 11) is 0. The van der Waals surface area contributed by atoms with Gasteiger partial charge in [0.2, 0.25) is 6.23 Å². The maximum Gasteiger partial charge on any atom is 0.412 e. The number of unbranched alkanes of at least 4 members (excludes halogenated alkanes) is 4. The van der Waals surface area contributed by atoms with E-state index in [0.29, 0.717) is 4.57 Å². The number of aliphatic hydroxyl groups excluding tert-OH is 1. The van der Waals surface area contributed by atoms with Crippen LogP contribution in [0.15, 0.2) is 17.1 Å².